The van der Waals surface area contributed by atoms with Crippen LogP contribution >= 0.6 is 0 Å². The van der Waals surface area contributed by atoms with Gasteiger partial charge in [0.05, 0.1) is 7.11 Å². The predicted molar refractivity (Wildman–Crippen MR) is 79.9 cm³/mol. The molecule has 0 bridgehead atoms. The largest absolute Gasteiger partial charge is 0.497 e. The van der Waals surface area contributed by atoms with Crippen molar-refractivity contribution in [2.24, 2.45) is 0 Å². The average molecular weight is 286 g/mol. The fraction of sp³-hybridized carbons (Fsp3) is 0.235. The van der Waals surface area contributed by atoms with Crippen LogP contribution < -0.4 is 9.47 Å². The fourth-order valence-electron chi connectivity index (χ4n) is 1.94. The van der Waals surface area contributed by atoms with Gasteiger partial charge in [-0.3, -0.25) is 0 Å². The third-order valence-corrected chi connectivity index (χ3v) is 3.15. The zero-order valence-corrected chi connectivity index (χ0v) is 12.1. The molecule has 4 heteroatoms. The van der Waals surface area contributed by atoms with E-state index in [0.29, 0.717) is 17.9 Å². The topological polar surface area (TPSA) is 55.8 Å². The Morgan fingerprint density at radius 1 is 1.05 bits per heavy atom. The van der Waals surface area contributed by atoms with E-state index in [9.17, 15) is 9.90 Å². The van der Waals surface area contributed by atoms with Gasteiger partial charge in [-0.15, -0.1) is 0 Å². The summed E-state index contributed by atoms with van der Waals surface area (Å²) in [5, 5.41) is 9.30. The van der Waals surface area contributed by atoms with Crippen LogP contribution in [0, 0.1) is 6.92 Å². The maximum Gasteiger partial charge on any atom is 0.345 e. The standard InChI is InChI=1S/C17H18O4/c1-12-3-5-13(6-4-12)11-16(17(18)19)21-15-9-7-14(20-2)8-10-15/h3-10,16H,11H2,1-2H3,(H,18,19)/t16-/m0/s1. The summed E-state index contributed by atoms with van der Waals surface area (Å²) in [4.78, 5) is 11.3. The minimum atomic E-state index is -0.980. The molecule has 21 heavy (non-hydrogen) atoms. The zero-order valence-electron chi connectivity index (χ0n) is 12.1. The Morgan fingerprint density at radius 3 is 2.14 bits per heavy atom. The van der Waals surface area contributed by atoms with Crippen LogP contribution in [0.3, 0.4) is 0 Å². The van der Waals surface area contributed by atoms with Crippen LogP contribution in [0.25, 0.3) is 0 Å². The van der Waals surface area contributed by atoms with Gasteiger partial charge in [0.1, 0.15) is 11.5 Å². The maximum atomic E-state index is 11.3. The van der Waals surface area contributed by atoms with E-state index in [1.54, 1.807) is 31.4 Å². The molecule has 0 aromatic heterocycles. The minimum Gasteiger partial charge on any atom is -0.497 e. The lowest BCUT2D eigenvalue weighted by Crippen LogP contribution is -2.29. The van der Waals surface area contributed by atoms with Crippen LogP contribution in [0.4, 0.5) is 0 Å². The quantitative estimate of drug-likeness (QED) is 0.886. The summed E-state index contributed by atoms with van der Waals surface area (Å²) in [6.07, 6.45) is -0.595. The van der Waals surface area contributed by atoms with Crippen LogP contribution in [0.2, 0.25) is 0 Å². The van der Waals surface area contributed by atoms with Crippen molar-refractivity contribution in [3.63, 3.8) is 0 Å². The van der Waals surface area contributed by atoms with Crippen molar-refractivity contribution in [1.82, 2.24) is 0 Å². The number of ether oxygens (including phenoxy) is 2. The second-order valence-corrected chi connectivity index (χ2v) is 4.81. The third kappa shape index (κ3) is 4.24. The first-order valence-electron chi connectivity index (χ1n) is 6.67. The first-order valence-corrected chi connectivity index (χ1v) is 6.67. The molecule has 0 radical (unpaired) electrons. The molecule has 0 amide bonds. The number of hydrogen-bond donors (Lipinski definition) is 1. The molecule has 110 valence electrons. The average Bonchev–Trinajstić information content (AvgIpc) is 2.49. The van der Waals surface area contributed by atoms with Crippen LogP contribution in [0.15, 0.2) is 48.5 Å². The summed E-state index contributed by atoms with van der Waals surface area (Å²) in [5.41, 5.74) is 2.07. The van der Waals surface area contributed by atoms with Gasteiger partial charge < -0.3 is 14.6 Å². The Kier molecular flexibility index (Phi) is 4.82. The first kappa shape index (κ1) is 14.9. The summed E-state index contributed by atoms with van der Waals surface area (Å²) in [7, 11) is 1.58. The molecule has 0 fully saturated rings. The molecule has 0 unspecified atom stereocenters. The molecule has 2 aromatic carbocycles. The molecular formula is C17H18O4. The molecule has 1 N–H and O–H groups in total. The van der Waals surface area contributed by atoms with Crippen LogP contribution in [0.5, 0.6) is 11.5 Å². The van der Waals surface area contributed by atoms with E-state index in [1.165, 1.54) is 0 Å². The van der Waals surface area contributed by atoms with Crippen molar-refractivity contribution in [3.05, 3.63) is 59.7 Å². The number of hydrogen-bond acceptors (Lipinski definition) is 3. The lowest BCUT2D eigenvalue weighted by atomic mass is 10.1. The van der Waals surface area contributed by atoms with Gasteiger partial charge in [0.25, 0.3) is 0 Å². The number of methoxy groups -OCH3 is 1. The second-order valence-electron chi connectivity index (χ2n) is 4.81. The zero-order chi connectivity index (χ0) is 15.2. The van der Waals surface area contributed by atoms with Crippen molar-refractivity contribution >= 4 is 5.97 Å². The van der Waals surface area contributed by atoms with Crippen molar-refractivity contribution in [3.8, 4) is 11.5 Å². The van der Waals surface area contributed by atoms with E-state index in [-0.39, 0.29) is 0 Å². The van der Waals surface area contributed by atoms with Gasteiger partial charge in [0.2, 0.25) is 0 Å². The lowest BCUT2D eigenvalue weighted by Gasteiger charge is -2.15. The molecule has 4 nitrogen and oxygen atoms in total. The van der Waals surface area contributed by atoms with Crippen molar-refractivity contribution in [2.75, 3.05) is 7.11 Å². The van der Waals surface area contributed by atoms with Crippen LogP contribution in [0.1, 0.15) is 11.1 Å². The summed E-state index contributed by atoms with van der Waals surface area (Å²) >= 11 is 0. The lowest BCUT2D eigenvalue weighted by molar-refractivity contribution is -0.145. The Hall–Kier alpha value is -2.49. The van der Waals surface area contributed by atoms with Gasteiger partial charge in [-0.1, -0.05) is 29.8 Å². The number of carboxylic acid groups (broad SMARTS) is 1. The van der Waals surface area contributed by atoms with Gasteiger partial charge in [-0.2, -0.15) is 0 Å². The summed E-state index contributed by atoms with van der Waals surface area (Å²) < 4.78 is 10.6. The van der Waals surface area contributed by atoms with Gasteiger partial charge in [0.15, 0.2) is 6.10 Å². The summed E-state index contributed by atoms with van der Waals surface area (Å²) in [6.45, 7) is 1.99. The van der Waals surface area contributed by atoms with Crippen LogP contribution in [-0.2, 0) is 11.2 Å². The van der Waals surface area contributed by atoms with E-state index >= 15 is 0 Å². The Bertz CT molecular complexity index is 587. The van der Waals surface area contributed by atoms with Gasteiger partial charge in [-0.05, 0) is 36.8 Å². The second kappa shape index (κ2) is 6.79. The highest BCUT2D eigenvalue weighted by atomic mass is 16.5. The highest BCUT2D eigenvalue weighted by Gasteiger charge is 2.20. The van der Waals surface area contributed by atoms with Gasteiger partial charge >= 0.3 is 5.97 Å². The molecule has 2 rings (SSSR count). The molecule has 0 saturated carbocycles. The van der Waals surface area contributed by atoms with Gasteiger partial charge in [-0.25, -0.2) is 4.79 Å². The minimum absolute atomic E-state index is 0.321. The SMILES string of the molecule is COc1ccc(O[C@@H](Cc2ccc(C)cc2)C(=O)O)cc1. The number of aryl methyl sites for hydroxylation is 1. The van der Waals surface area contributed by atoms with Crippen molar-refractivity contribution in [2.45, 2.75) is 19.4 Å². The molecule has 0 aliphatic carbocycles. The third-order valence-electron chi connectivity index (χ3n) is 3.15. The molecule has 0 saturated heterocycles. The molecule has 0 aliphatic heterocycles. The molecule has 0 aliphatic rings. The predicted octanol–water partition coefficient (Wildman–Crippen LogP) is 3.08. The summed E-state index contributed by atoms with van der Waals surface area (Å²) in [5.74, 6) is 0.231. The number of carboxylic acids is 1. The van der Waals surface area contributed by atoms with E-state index in [1.807, 2.05) is 31.2 Å². The smallest absolute Gasteiger partial charge is 0.345 e. The number of benzene rings is 2. The van der Waals surface area contributed by atoms with E-state index in [4.69, 9.17) is 9.47 Å². The Balaban J connectivity index is 2.07. The summed E-state index contributed by atoms with van der Waals surface area (Å²) in [6, 6.07) is 14.6. The van der Waals surface area contributed by atoms with E-state index < -0.39 is 12.1 Å². The maximum absolute atomic E-state index is 11.3. The Morgan fingerprint density at radius 2 is 1.62 bits per heavy atom. The number of carbonyl (C=O) groups is 1. The number of aliphatic carboxylic acids is 1. The molecule has 1 atom stereocenters. The van der Waals surface area contributed by atoms with E-state index in [2.05, 4.69) is 0 Å². The van der Waals surface area contributed by atoms with E-state index in [0.717, 1.165) is 11.1 Å². The normalized spacial score (nSPS) is 11.7. The van der Waals surface area contributed by atoms with Crippen molar-refractivity contribution in [1.29, 1.82) is 0 Å². The van der Waals surface area contributed by atoms with Gasteiger partial charge in [0, 0.05) is 6.42 Å². The highest BCUT2D eigenvalue weighted by molar-refractivity contribution is 5.73. The monoisotopic (exact) mass is 286 g/mol. The molecule has 2 aromatic rings. The molecule has 0 heterocycles. The molecule has 0 spiro atoms. The number of rotatable bonds is 6. The first-order chi connectivity index (χ1) is 10.1. The fourth-order valence-corrected chi connectivity index (χ4v) is 1.94. The molecular weight excluding hydrogens is 268 g/mol. The Labute approximate surface area is 123 Å². The van der Waals surface area contributed by atoms with Crippen molar-refractivity contribution < 1.29 is 19.4 Å². The van der Waals surface area contributed by atoms with Crippen LogP contribution in [-0.4, -0.2) is 24.3 Å². The highest BCUT2D eigenvalue weighted by Crippen LogP contribution is 2.19.